The summed E-state index contributed by atoms with van der Waals surface area (Å²) in [6, 6.07) is 12.8. The lowest BCUT2D eigenvalue weighted by Gasteiger charge is -2.27. The summed E-state index contributed by atoms with van der Waals surface area (Å²) < 4.78 is 32.6. The Morgan fingerprint density at radius 2 is 1.61 bits per heavy atom. The molecule has 0 fully saturated rings. The monoisotopic (exact) mass is 448 g/mol. The van der Waals surface area contributed by atoms with E-state index in [9.17, 15) is 27.9 Å². The number of rotatable bonds is 9. The summed E-state index contributed by atoms with van der Waals surface area (Å²) in [5, 5.41) is 11.9. The highest BCUT2D eigenvalue weighted by Gasteiger charge is 2.36. The van der Waals surface area contributed by atoms with Crippen LogP contribution < -0.4 is 10.0 Å². The Balaban J connectivity index is 2.23. The summed E-state index contributed by atoms with van der Waals surface area (Å²) in [5.41, 5.74) is -1.21. The number of amides is 1. The molecule has 1 amide bonds. The molecule has 166 valence electrons. The molecule has 2 aromatic rings. The van der Waals surface area contributed by atoms with Crippen LogP contribution in [0.3, 0.4) is 0 Å². The third-order valence-corrected chi connectivity index (χ3v) is 6.14. The van der Waals surface area contributed by atoms with Gasteiger partial charge in [-0.1, -0.05) is 42.5 Å². The van der Waals surface area contributed by atoms with Gasteiger partial charge >= 0.3 is 11.9 Å². The second-order valence-corrected chi connectivity index (χ2v) is 8.92. The van der Waals surface area contributed by atoms with Gasteiger partial charge in [-0.2, -0.15) is 4.72 Å². The lowest BCUT2D eigenvalue weighted by atomic mass is 10.0. The van der Waals surface area contributed by atoms with Crippen LogP contribution in [0.25, 0.3) is 0 Å². The van der Waals surface area contributed by atoms with Crippen molar-refractivity contribution in [3.63, 3.8) is 0 Å². The Hall–Kier alpha value is -3.24. The van der Waals surface area contributed by atoms with Crippen molar-refractivity contribution in [1.29, 1.82) is 0 Å². The van der Waals surface area contributed by atoms with Gasteiger partial charge in [-0.3, -0.25) is 4.79 Å². The molecule has 0 radical (unpaired) electrons. The molecular weight excluding hydrogens is 424 g/mol. The highest BCUT2D eigenvalue weighted by molar-refractivity contribution is 7.89. The number of carboxylic acids is 1. The normalized spacial score (nSPS) is 12.6. The van der Waals surface area contributed by atoms with Gasteiger partial charge in [0.05, 0.1) is 17.6 Å². The number of benzene rings is 2. The summed E-state index contributed by atoms with van der Waals surface area (Å²) in [6.07, 6.45) is 0.0237. The van der Waals surface area contributed by atoms with Crippen LogP contribution >= 0.6 is 0 Å². The van der Waals surface area contributed by atoms with Crippen LogP contribution in [-0.4, -0.2) is 50.1 Å². The molecule has 0 aromatic heterocycles. The van der Waals surface area contributed by atoms with Gasteiger partial charge < -0.3 is 15.2 Å². The number of esters is 1. The summed E-state index contributed by atoms with van der Waals surface area (Å²) >= 11 is 0. The highest BCUT2D eigenvalue weighted by atomic mass is 32.2. The molecule has 1 atom stereocenters. The molecule has 0 aliphatic carbocycles. The number of aliphatic carboxylic acids is 1. The maximum Gasteiger partial charge on any atom is 0.339 e. The average molecular weight is 448 g/mol. The van der Waals surface area contributed by atoms with E-state index in [4.69, 9.17) is 0 Å². The van der Waals surface area contributed by atoms with Gasteiger partial charge in [0.2, 0.25) is 15.9 Å². The number of carboxylic acid groups (broad SMARTS) is 1. The Kier molecular flexibility index (Phi) is 7.53. The van der Waals surface area contributed by atoms with E-state index in [-0.39, 0.29) is 16.9 Å². The fourth-order valence-electron chi connectivity index (χ4n) is 2.81. The van der Waals surface area contributed by atoms with Crippen molar-refractivity contribution in [2.24, 2.45) is 0 Å². The van der Waals surface area contributed by atoms with Gasteiger partial charge in [0.15, 0.2) is 0 Å². The van der Waals surface area contributed by atoms with E-state index in [0.717, 1.165) is 7.11 Å². The third-order valence-electron chi connectivity index (χ3n) is 4.43. The van der Waals surface area contributed by atoms with Crippen LogP contribution in [0.2, 0.25) is 0 Å². The lowest BCUT2D eigenvalue weighted by Crippen LogP contribution is -2.58. The average Bonchev–Trinajstić information content (AvgIpc) is 2.72. The van der Waals surface area contributed by atoms with Crippen LogP contribution in [0, 0.1) is 0 Å². The lowest BCUT2D eigenvalue weighted by molar-refractivity contribution is -0.142. The van der Waals surface area contributed by atoms with Crippen molar-refractivity contribution >= 4 is 27.9 Å². The van der Waals surface area contributed by atoms with E-state index in [1.54, 1.807) is 30.3 Å². The van der Waals surface area contributed by atoms with Crippen LogP contribution in [0.4, 0.5) is 0 Å². The number of hydrogen-bond acceptors (Lipinski definition) is 6. The molecule has 2 rings (SSSR count). The van der Waals surface area contributed by atoms with E-state index in [2.05, 4.69) is 14.8 Å². The second-order valence-electron chi connectivity index (χ2n) is 7.27. The van der Waals surface area contributed by atoms with Crippen molar-refractivity contribution in [2.75, 3.05) is 7.11 Å². The zero-order valence-corrected chi connectivity index (χ0v) is 18.1. The minimum absolute atomic E-state index is 0.0237. The minimum Gasteiger partial charge on any atom is -0.480 e. The Morgan fingerprint density at radius 3 is 2.19 bits per heavy atom. The summed E-state index contributed by atoms with van der Waals surface area (Å²) in [6.45, 7) is 2.59. The van der Waals surface area contributed by atoms with E-state index in [1.165, 1.54) is 38.1 Å². The predicted octanol–water partition coefficient (Wildman–Crippen LogP) is 1.34. The molecule has 0 saturated heterocycles. The van der Waals surface area contributed by atoms with Crippen molar-refractivity contribution < 1.29 is 32.6 Å². The summed E-state index contributed by atoms with van der Waals surface area (Å²) in [5.74, 6) is -2.95. The SMILES string of the molecule is COC(=O)c1ccccc1S(=O)(=O)NC(C)(C)C(=O)N[C@@H](Cc1ccccc1)C(=O)O. The molecule has 3 N–H and O–H groups in total. The standard InChI is InChI=1S/C21H24N2O7S/c1-21(2,20(27)22-16(18(24)25)13-14-9-5-4-6-10-14)23-31(28,29)17-12-8-7-11-15(17)19(26)30-3/h4-12,16,23H,13H2,1-3H3,(H,22,27)(H,24,25)/t16-/m0/s1. The van der Waals surface area contributed by atoms with Crippen LogP contribution in [0.15, 0.2) is 59.5 Å². The van der Waals surface area contributed by atoms with E-state index >= 15 is 0 Å². The number of hydrogen-bond donors (Lipinski definition) is 3. The number of sulfonamides is 1. The van der Waals surface area contributed by atoms with E-state index in [0.29, 0.717) is 5.56 Å². The molecule has 0 unspecified atom stereocenters. The highest BCUT2D eigenvalue weighted by Crippen LogP contribution is 2.19. The first-order chi connectivity index (χ1) is 14.5. The van der Waals surface area contributed by atoms with Gasteiger partial charge in [-0.25, -0.2) is 18.0 Å². The molecular formula is C21H24N2O7S. The summed E-state index contributed by atoms with van der Waals surface area (Å²) in [4.78, 5) is 35.9. The largest absolute Gasteiger partial charge is 0.480 e. The number of carbonyl (C=O) groups is 3. The number of methoxy groups -OCH3 is 1. The molecule has 0 heterocycles. The third kappa shape index (κ3) is 6.12. The van der Waals surface area contributed by atoms with Crippen molar-refractivity contribution in [2.45, 2.75) is 36.7 Å². The fourth-order valence-corrected chi connectivity index (χ4v) is 4.38. The molecule has 9 nitrogen and oxygen atoms in total. The van der Waals surface area contributed by atoms with E-state index in [1.807, 2.05) is 0 Å². The van der Waals surface area contributed by atoms with Gasteiger partial charge in [0.25, 0.3) is 0 Å². The molecule has 31 heavy (non-hydrogen) atoms. The molecule has 0 aliphatic heterocycles. The maximum atomic E-state index is 12.9. The molecule has 0 spiro atoms. The number of ether oxygens (including phenoxy) is 1. The van der Waals surface area contributed by atoms with Gasteiger partial charge in [0.1, 0.15) is 11.6 Å². The Bertz CT molecular complexity index is 1070. The Labute approximate surface area is 180 Å². The fraction of sp³-hybridized carbons (Fsp3) is 0.286. The van der Waals surface area contributed by atoms with Gasteiger partial charge in [-0.15, -0.1) is 0 Å². The maximum absolute atomic E-state index is 12.9. The quantitative estimate of drug-likeness (QED) is 0.492. The predicted molar refractivity (Wildman–Crippen MR) is 112 cm³/mol. The molecule has 2 aromatic carbocycles. The van der Waals surface area contributed by atoms with Crippen LogP contribution in [-0.2, 0) is 30.8 Å². The summed E-state index contributed by atoms with van der Waals surface area (Å²) in [7, 11) is -3.20. The molecule has 0 bridgehead atoms. The number of nitrogens with one attached hydrogen (secondary N) is 2. The molecule has 0 aliphatic rings. The van der Waals surface area contributed by atoms with Gasteiger partial charge in [0, 0.05) is 6.42 Å². The van der Waals surface area contributed by atoms with Crippen molar-refractivity contribution in [3.05, 3.63) is 65.7 Å². The zero-order chi connectivity index (χ0) is 23.2. The van der Waals surface area contributed by atoms with Crippen LogP contribution in [0.5, 0.6) is 0 Å². The zero-order valence-electron chi connectivity index (χ0n) is 17.3. The Morgan fingerprint density at radius 1 is 1.03 bits per heavy atom. The topological polar surface area (TPSA) is 139 Å². The first-order valence-electron chi connectivity index (χ1n) is 9.27. The van der Waals surface area contributed by atoms with Gasteiger partial charge in [-0.05, 0) is 31.5 Å². The first kappa shape index (κ1) is 24.0. The first-order valence-corrected chi connectivity index (χ1v) is 10.8. The van der Waals surface area contributed by atoms with Crippen LogP contribution in [0.1, 0.15) is 29.8 Å². The number of carbonyl (C=O) groups excluding carboxylic acids is 2. The minimum atomic E-state index is -4.32. The molecule has 10 heteroatoms. The second kappa shape index (κ2) is 9.71. The van der Waals surface area contributed by atoms with Crippen molar-refractivity contribution in [3.8, 4) is 0 Å². The molecule has 0 saturated carbocycles. The van der Waals surface area contributed by atoms with E-state index < -0.39 is 39.4 Å². The smallest absolute Gasteiger partial charge is 0.339 e. The van der Waals surface area contributed by atoms with Crippen molar-refractivity contribution in [1.82, 2.24) is 10.0 Å².